The molecule has 3 rings (SSSR count). The zero-order valence-corrected chi connectivity index (χ0v) is 17.7. The van der Waals surface area contributed by atoms with Crippen LogP contribution >= 0.6 is 27.3 Å². The van der Waals surface area contributed by atoms with Gasteiger partial charge in [0.2, 0.25) is 0 Å². The number of carboxylic acids is 1. The molecule has 0 radical (unpaired) electrons. The lowest BCUT2D eigenvalue weighted by molar-refractivity contribution is 0.0699. The topological polar surface area (TPSA) is 101 Å². The summed E-state index contributed by atoms with van der Waals surface area (Å²) in [6, 6.07) is 12.6. The summed E-state index contributed by atoms with van der Waals surface area (Å²) < 4.78 is 23.9. The summed E-state index contributed by atoms with van der Waals surface area (Å²) in [5.41, 5.74) is 1.14. The number of sulfone groups is 1. The Balaban J connectivity index is 1.91. The maximum atomic E-state index is 12.5. The van der Waals surface area contributed by atoms with Gasteiger partial charge in [0.15, 0.2) is 9.84 Å². The fourth-order valence-corrected chi connectivity index (χ4v) is 4.42. The Kier molecular flexibility index (Phi) is 5.69. The molecule has 0 aliphatic carbocycles. The van der Waals surface area contributed by atoms with E-state index in [2.05, 4.69) is 21.2 Å². The van der Waals surface area contributed by atoms with Crippen LogP contribution in [0.3, 0.4) is 0 Å². The van der Waals surface area contributed by atoms with Crippen molar-refractivity contribution >= 4 is 54.7 Å². The van der Waals surface area contributed by atoms with Crippen LogP contribution in [0, 0.1) is 0 Å². The van der Waals surface area contributed by atoms with Crippen molar-refractivity contribution in [3.05, 3.63) is 69.5 Å². The van der Waals surface area contributed by atoms with E-state index in [1.807, 2.05) is 12.1 Å². The molecular weight excluding hydrogens is 466 g/mol. The number of carboxylic acid groups (broad SMARTS) is 1. The summed E-state index contributed by atoms with van der Waals surface area (Å²) in [7, 11) is -3.36. The molecule has 28 heavy (non-hydrogen) atoms. The number of benzene rings is 2. The Morgan fingerprint density at radius 1 is 1.04 bits per heavy atom. The summed E-state index contributed by atoms with van der Waals surface area (Å²) >= 11 is 4.56. The Morgan fingerprint density at radius 3 is 2.18 bits per heavy atom. The summed E-state index contributed by atoms with van der Waals surface area (Å²) in [4.78, 5) is 24.9. The number of anilines is 1. The molecule has 0 atom stereocenters. The molecule has 0 aliphatic heterocycles. The lowest BCUT2D eigenvalue weighted by atomic mass is 10.1. The molecule has 0 saturated heterocycles. The van der Waals surface area contributed by atoms with Crippen LogP contribution in [0.1, 0.15) is 20.7 Å². The molecule has 6 nitrogen and oxygen atoms in total. The van der Waals surface area contributed by atoms with Gasteiger partial charge in [0.05, 0.1) is 15.5 Å². The van der Waals surface area contributed by atoms with Gasteiger partial charge < -0.3 is 10.4 Å². The van der Waals surface area contributed by atoms with Gasteiger partial charge >= 0.3 is 5.97 Å². The van der Waals surface area contributed by atoms with Gasteiger partial charge in [-0.05, 0) is 42.0 Å². The van der Waals surface area contributed by atoms with Gasteiger partial charge in [0, 0.05) is 21.7 Å². The van der Waals surface area contributed by atoms with Crippen molar-refractivity contribution < 1.29 is 23.1 Å². The van der Waals surface area contributed by atoms with Crippen molar-refractivity contribution in [3.8, 4) is 10.4 Å². The minimum atomic E-state index is -3.36. The largest absolute Gasteiger partial charge is 0.478 e. The second-order valence-corrected chi connectivity index (χ2v) is 9.73. The number of hydrogen-bond donors (Lipinski definition) is 2. The minimum absolute atomic E-state index is 0.00780. The van der Waals surface area contributed by atoms with E-state index in [0.29, 0.717) is 4.88 Å². The fraction of sp³-hybridized carbons (Fsp3) is 0.0526. The molecule has 0 aliphatic rings. The summed E-state index contributed by atoms with van der Waals surface area (Å²) in [5.74, 6) is -1.68. The summed E-state index contributed by atoms with van der Waals surface area (Å²) in [5, 5.41) is 13.8. The van der Waals surface area contributed by atoms with Crippen LogP contribution in [0.4, 0.5) is 5.69 Å². The lowest BCUT2D eigenvalue weighted by Gasteiger charge is -2.07. The number of carbonyl (C=O) groups excluding carboxylic acids is 1. The highest BCUT2D eigenvalue weighted by Gasteiger charge is 2.21. The fourth-order valence-electron chi connectivity index (χ4n) is 2.52. The third kappa shape index (κ3) is 4.32. The van der Waals surface area contributed by atoms with Crippen molar-refractivity contribution in [2.75, 3.05) is 11.6 Å². The Hall–Kier alpha value is -2.49. The van der Waals surface area contributed by atoms with Crippen molar-refractivity contribution in [2.24, 2.45) is 0 Å². The molecule has 9 heteroatoms. The van der Waals surface area contributed by atoms with Gasteiger partial charge in [-0.1, -0.05) is 28.1 Å². The molecule has 2 aromatic carbocycles. The van der Waals surface area contributed by atoms with E-state index in [0.717, 1.165) is 16.3 Å². The molecular formula is C19H14BrNO5S2. The number of thiophene rings is 1. The average Bonchev–Trinajstić information content (AvgIpc) is 3.05. The summed E-state index contributed by atoms with van der Waals surface area (Å²) in [6.45, 7) is 0. The molecule has 2 N–H and O–H groups in total. The second kappa shape index (κ2) is 7.86. The number of hydrogen-bond acceptors (Lipinski definition) is 5. The Labute approximate surface area is 173 Å². The zero-order valence-electron chi connectivity index (χ0n) is 14.5. The van der Waals surface area contributed by atoms with Crippen LogP contribution in [0.2, 0.25) is 0 Å². The summed E-state index contributed by atoms with van der Waals surface area (Å²) in [6.07, 6.45) is 1.08. The highest BCUT2D eigenvalue weighted by Crippen LogP contribution is 2.36. The normalized spacial score (nSPS) is 11.2. The number of amides is 1. The van der Waals surface area contributed by atoms with Crippen LogP contribution in [-0.4, -0.2) is 31.7 Å². The molecule has 1 heterocycles. The van der Waals surface area contributed by atoms with Gasteiger partial charge in [0.1, 0.15) is 5.56 Å². The lowest BCUT2D eigenvalue weighted by Crippen LogP contribution is -2.14. The van der Waals surface area contributed by atoms with Crippen LogP contribution in [-0.2, 0) is 9.84 Å². The van der Waals surface area contributed by atoms with Gasteiger partial charge in [-0.25, -0.2) is 13.2 Å². The molecule has 1 amide bonds. The van der Waals surface area contributed by atoms with E-state index in [1.165, 1.54) is 35.6 Å². The smallest absolute Gasteiger partial charge is 0.339 e. The monoisotopic (exact) mass is 479 g/mol. The van der Waals surface area contributed by atoms with Crippen LogP contribution in [0.15, 0.2) is 63.3 Å². The van der Waals surface area contributed by atoms with E-state index in [1.54, 1.807) is 17.5 Å². The first-order chi connectivity index (χ1) is 13.2. The Bertz CT molecular complexity index is 1150. The van der Waals surface area contributed by atoms with Gasteiger partial charge in [-0.15, -0.1) is 11.3 Å². The zero-order chi connectivity index (χ0) is 20.5. The molecule has 0 fully saturated rings. The Morgan fingerprint density at radius 2 is 1.64 bits per heavy atom. The van der Waals surface area contributed by atoms with Crippen molar-refractivity contribution in [3.63, 3.8) is 0 Å². The predicted molar refractivity (Wildman–Crippen MR) is 112 cm³/mol. The predicted octanol–water partition coefficient (Wildman–Crippen LogP) is 4.53. The minimum Gasteiger partial charge on any atom is -0.478 e. The van der Waals surface area contributed by atoms with E-state index in [9.17, 15) is 23.1 Å². The van der Waals surface area contributed by atoms with Gasteiger partial charge in [-0.2, -0.15) is 0 Å². The molecule has 0 unspecified atom stereocenters. The standard InChI is InChI=1S/C19H14BrNO5S2/c1-28(25,26)14-8-4-12(5-9-14)18(22)21-15-10-27-17(16(15)19(23)24)11-2-6-13(20)7-3-11/h2-10H,1H3,(H,21,22)(H,23,24). The number of aromatic carboxylic acids is 1. The number of nitrogens with one attached hydrogen (secondary N) is 1. The first-order valence-corrected chi connectivity index (χ1v) is 11.5. The number of halogens is 1. The first-order valence-electron chi connectivity index (χ1n) is 7.89. The molecule has 1 aromatic heterocycles. The SMILES string of the molecule is CS(=O)(=O)c1ccc(C(=O)Nc2csc(-c3ccc(Br)cc3)c2C(=O)O)cc1. The van der Waals surface area contributed by atoms with Crippen LogP contribution < -0.4 is 5.32 Å². The van der Waals surface area contributed by atoms with Crippen LogP contribution in [0.25, 0.3) is 10.4 Å². The number of carbonyl (C=O) groups is 2. The quantitative estimate of drug-likeness (QED) is 0.559. The average molecular weight is 480 g/mol. The first kappa shape index (κ1) is 20.2. The van der Waals surface area contributed by atoms with E-state index < -0.39 is 21.7 Å². The van der Waals surface area contributed by atoms with Crippen molar-refractivity contribution in [2.45, 2.75) is 4.90 Å². The van der Waals surface area contributed by atoms with Crippen molar-refractivity contribution in [1.29, 1.82) is 0 Å². The molecule has 0 saturated carbocycles. The van der Waals surface area contributed by atoms with Gasteiger partial charge in [-0.3, -0.25) is 4.79 Å². The van der Waals surface area contributed by atoms with Crippen LogP contribution in [0.5, 0.6) is 0 Å². The van der Waals surface area contributed by atoms with E-state index in [4.69, 9.17) is 0 Å². The maximum absolute atomic E-state index is 12.5. The van der Waals surface area contributed by atoms with Gasteiger partial charge in [0.25, 0.3) is 5.91 Å². The maximum Gasteiger partial charge on any atom is 0.339 e. The molecule has 0 spiro atoms. The molecule has 144 valence electrons. The number of rotatable bonds is 5. The highest BCUT2D eigenvalue weighted by atomic mass is 79.9. The molecule has 0 bridgehead atoms. The molecule has 3 aromatic rings. The van der Waals surface area contributed by atoms with E-state index in [-0.39, 0.29) is 21.7 Å². The third-order valence-corrected chi connectivity index (χ3v) is 6.59. The van der Waals surface area contributed by atoms with E-state index >= 15 is 0 Å². The highest BCUT2D eigenvalue weighted by molar-refractivity contribution is 9.10. The van der Waals surface area contributed by atoms with Crippen molar-refractivity contribution in [1.82, 2.24) is 0 Å². The second-order valence-electron chi connectivity index (χ2n) is 5.92. The third-order valence-electron chi connectivity index (χ3n) is 3.90.